The lowest BCUT2D eigenvalue weighted by molar-refractivity contribution is 0.545. The molecular weight excluding hydrogens is 247 g/mol. The van der Waals surface area contributed by atoms with E-state index >= 15 is 0 Å². The van der Waals surface area contributed by atoms with Crippen molar-refractivity contribution in [3.05, 3.63) is 11.9 Å². The lowest BCUT2D eigenvalue weighted by atomic mass is 10.0. The van der Waals surface area contributed by atoms with Gasteiger partial charge in [-0.2, -0.15) is 0 Å². The van der Waals surface area contributed by atoms with Gasteiger partial charge in [-0.3, -0.25) is 0 Å². The molecule has 0 aromatic carbocycles. The number of unbranched alkanes of at least 4 members (excludes halogenated alkanes) is 12. The van der Waals surface area contributed by atoms with E-state index in [1.807, 2.05) is 0 Å². The fraction of sp³-hybridized carbons (Fsp3) is 0.889. The number of allylic oxidation sites excluding steroid dienone is 1. The van der Waals surface area contributed by atoms with Crippen LogP contribution < -0.4 is 0 Å². The highest BCUT2D eigenvalue weighted by molar-refractivity contribution is 7.59. The van der Waals surface area contributed by atoms with Crippen molar-refractivity contribution in [3.8, 4) is 0 Å². The van der Waals surface area contributed by atoms with Crippen LogP contribution in [0.3, 0.4) is 0 Å². The Morgan fingerprint density at radius 2 is 1.05 bits per heavy atom. The molecule has 0 aromatic rings. The van der Waals surface area contributed by atoms with Gasteiger partial charge in [0.15, 0.2) is 0 Å². The van der Waals surface area contributed by atoms with Gasteiger partial charge in [0.2, 0.25) is 0 Å². The first-order valence-electron chi connectivity index (χ1n) is 8.60. The van der Waals surface area contributed by atoms with Crippen LogP contribution >= 0.6 is 7.92 Å². The number of hydrogen-bond acceptors (Lipinski definition) is 0. The fourth-order valence-electron chi connectivity index (χ4n) is 2.39. The summed E-state index contributed by atoms with van der Waals surface area (Å²) in [5, 5.41) is 0. The maximum atomic E-state index is 2.40. The Kier molecular flexibility index (Phi) is 16.4. The maximum absolute atomic E-state index is 2.40. The minimum atomic E-state index is 0.178. The van der Waals surface area contributed by atoms with Gasteiger partial charge in [-0.25, -0.2) is 0 Å². The SMILES string of the molecule is CCCCCCCCCCCCCCC=CP(C)C. The monoisotopic (exact) mass is 284 g/mol. The van der Waals surface area contributed by atoms with E-state index in [2.05, 4.69) is 32.1 Å². The van der Waals surface area contributed by atoms with Gasteiger partial charge in [0.05, 0.1) is 0 Å². The van der Waals surface area contributed by atoms with Crippen molar-refractivity contribution in [1.82, 2.24) is 0 Å². The zero-order valence-corrected chi connectivity index (χ0v) is 14.7. The third kappa shape index (κ3) is 18.2. The van der Waals surface area contributed by atoms with Crippen molar-refractivity contribution in [1.29, 1.82) is 0 Å². The molecule has 0 saturated heterocycles. The van der Waals surface area contributed by atoms with Crippen LogP contribution in [0.2, 0.25) is 0 Å². The second-order valence-corrected chi connectivity index (χ2v) is 8.25. The zero-order valence-electron chi connectivity index (χ0n) is 13.8. The summed E-state index contributed by atoms with van der Waals surface area (Å²) in [6.45, 7) is 6.92. The summed E-state index contributed by atoms with van der Waals surface area (Å²) >= 11 is 0. The highest BCUT2D eigenvalue weighted by Crippen LogP contribution is 2.26. The molecule has 0 aliphatic carbocycles. The molecule has 0 nitrogen and oxygen atoms in total. The highest BCUT2D eigenvalue weighted by atomic mass is 31.1. The molecule has 0 spiro atoms. The molecule has 0 amide bonds. The summed E-state index contributed by atoms with van der Waals surface area (Å²) in [5.74, 6) is 2.40. The van der Waals surface area contributed by atoms with E-state index in [4.69, 9.17) is 0 Å². The van der Waals surface area contributed by atoms with Crippen molar-refractivity contribution in [3.63, 3.8) is 0 Å². The lowest BCUT2D eigenvalue weighted by Crippen LogP contribution is -1.82. The molecule has 0 fully saturated rings. The molecule has 0 N–H and O–H groups in total. The third-order valence-corrected chi connectivity index (χ3v) is 4.43. The summed E-state index contributed by atoms with van der Waals surface area (Å²) in [4.78, 5) is 0. The van der Waals surface area contributed by atoms with Crippen LogP contribution in [0.15, 0.2) is 11.9 Å². The van der Waals surface area contributed by atoms with E-state index in [0.29, 0.717) is 0 Å². The minimum absolute atomic E-state index is 0.178. The van der Waals surface area contributed by atoms with Crippen molar-refractivity contribution in [2.75, 3.05) is 13.3 Å². The first-order chi connectivity index (χ1) is 9.27. The van der Waals surface area contributed by atoms with E-state index in [-0.39, 0.29) is 7.92 Å². The molecular formula is C18H37P. The second kappa shape index (κ2) is 16.2. The molecule has 0 atom stereocenters. The molecule has 0 bridgehead atoms. The minimum Gasteiger partial charge on any atom is -0.0900 e. The van der Waals surface area contributed by atoms with Gasteiger partial charge >= 0.3 is 0 Å². The normalized spacial score (nSPS) is 11.8. The largest absolute Gasteiger partial charge is 0.0900 e. The molecule has 114 valence electrons. The molecule has 19 heavy (non-hydrogen) atoms. The molecule has 0 aliphatic rings. The Morgan fingerprint density at radius 3 is 1.47 bits per heavy atom. The van der Waals surface area contributed by atoms with Gasteiger partial charge in [0.1, 0.15) is 0 Å². The van der Waals surface area contributed by atoms with Crippen LogP contribution in [0.25, 0.3) is 0 Å². The smallest absolute Gasteiger partial charge is 0.0347 e. The van der Waals surface area contributed by atoms with Crippen LogP contribution in [0.4, 0.5) is 0 Å². The molecule has 0 unspecified atom stereocenters. The average Bonchev–Trinajstić information content (AvgIpc) is 2.39. The Bertz CT molecular complexity index is 184. The van der Waals surface area contributed by atoms with Gasteiger partial charge in [0, 0.05) is 0 Å². The van der Waals surface area contributed by atoms with Gasteiger partial charge in [-0.1, -0.05) is 97.4 Å². The molecule has 0 heterocycles. The molecule has 0 aliphatic heterocycles. The Balaban J connectivity index is 2.99. The van der Waals surface area contributed by atoms with E-state index in [1.54, 1.807) is 0 Å². The molecule has 0 aromatic heterocycles. The van der Waals surface area contributed by atoms with Crippen molar-refractivity contribution >= 4 is 7.92 Å². The van der Waals surface area contributed by atoms with Crippen molar-refractivity contribution in [2.24, 2.45) is 0 Å². The Labute approximate surface area is 124 Å². The van der Waals surface area contributed by atoms with Gasteiger partial charge in [0.25, 0.3) is 0 Å². The van der Waals surface area contributed by atoms with Gasteiger partial charge in [-0.15, -0.1) is 0 Å². The van der Waals surface area contributed by atoms with Crippen molar-refractivity contribution < 1.29 is 0 Å². The van der Waals surface area contributed by atoms with Crippen LogP contribution in [-0.4, -0.2) is 13.3 Å². The van der Waals surface area contributed by atoms with E-state index < -0.39 is 0 Å². The van der Waals surface area contributed by atoms with Crippen LogP contribution in [-0.2, 0) is 0 Å². The number of rotatable bonds is 14. The highest BCUT2D eigenvalue weighted by Gasteiger charge is 1.93. The summed E-state index contributed by atoms with van der Waals surface area (Å²) in [5.41, 5.74) is 0. The zero-order chi connectivity index (χ0) is 14.2. The summed E-state index contributed by atoms with van der Waals surface area (Å²) in [6.07, 6.45) is 21.1. The third-order valence-electron chi connectivity index (χ3n) is 3.63. The second-order valence-electron chi connectivity index (χ2n) is 6.03. The lowest BCUT2D eigenvalue weighted by Gasteiger charge is -2.02. The fourth-order valence-corrected chi connectivity index (χ4v) is 2.96. The average molecular weight is 284 g/mol. The quantitative estimate of drug-likeness (QED) is 0.231. The van der Waals surface area contributed by atoms with E-state index in [0.717, 1.165) is 0 Å². The van der Waals surface area contributed by atoms with Gasteiger partial charge < -0.3 is 0 Å². The predicted octanol–water partition coefficient (Wildman–Crippen LogP) is 7.33. The topological polar surface area (TPSA) is 0 Å². The van der Waals surface area contributed by atoms with Crippen LogP contribution in [0.5, 0.6) is 0 Å². The number of hydrogen-bond donors (Lipinski definition) is 0. The summed E-state index contributed by atoms with van der Waals surface area (Å²) in [6, 6.07) is 0. The molecule has 0 rings (SSSR count). The molecule has 1 heteroatoms. The first kappa shape index (κ1) is 19.2. The molecule has 0 saturated carbocycles. The standard InChI is InChI=1S/C18H37P/c1-4-5-6-7-8-9-10-11-12-13-14-15-16-17-18-19(2)3/h17-18H,4-16H2,1-3H3. The molecule has 0 radical (unpaired) electrons. The van der Waals surface area contributed by atoms with Crippen molar-refractivity contribution in [2.45, 2.75) is 90.4 Å². The first-order valence-corrected chi connectivity index (χ1v) is 10.9. The van der Waals surface area contributed by atoms with Crippen LogP contribution in [0, 0.1) is 0 Å². The van der Waals surface area contributed by atoms with Crippen LogP contribution in [0.1, 0.15) is 90.4 Å². The Hall–Kier alpha value is 0.170. The summed E-state index contributed by atoms with van der Waals surface area (Å²) in [7, 11) is 0.178. The van der Waals surface area contributed by atoms with Gasteiger partial charge in [-0.05, 0) is 26.2 Å². The maximum Gasteiger partial charge on any atom is -0.0347 e. The Morgan fingerprint density at radius 1 is 0.632 bits per heavy atom. The summed E-state index contributed by atoms with van der Waals surface area (Å²) < 4.78 is 0. The predicted molar refractivity (Wildman–Crippen MR) is 93.6 cm³/mol. The van der Waals surface area contributed by atoms with E-state index in [1.165, 1.54) is 83.5 Å². The van der Waals surface area contributed by atoms with E-state index in [9.17, 15) is 0 Å².